The highest BCUT2D eigenvalue weighted by Crippen LogP contribution is 2.36. The first-order chi connectivity index (χ1) is 11.7. The number of thiophene rings is 1. The molecular formula is C18H18N2O3S. The number of anilines is 1. The van der Waals surface area contributed by atoms with E-state index < -0.39 is 0 Å². The summed E-state index contributed by atoms with van der Waals surface area (Å²) in [6.07, 6.45) is 3.43. The Kier molecular flexibility index (Phi) is 4.96. The molecular weight excluding hydrogens is 324 g/mol. The van der Waals surface area contributed by atoms with Gasteiger partial charge < -0.3 is 14.8 Å². The molecule has 1 aromatic carbocycles. The largest absolute Gasteiger partial charge is 0.497 e. The maximum absolute atomic E-state index is 12.3. The quantitative estimate of drug-likeness (QED) is 0.684. The third-order valence-corrected chi connectivity index (χ3v) is 4.71. The molecule has 0 saturated heterocycles. The summed E-state index contributed by atoms with van der Waals surface area (Å²) < 4.78 is 11.4. The lowest BCUT2D eigenvalue weighted by Gasteiger charge is -2.08. The molecule has 3 rings (SSSR count). The van der Waals surface area contributed by atoms with E-state index in [2.05, 4.69) is 10.3 Å². The lowest BCUT2D eigenvalue weighted by Crippen LogP contribution is -2.08. The molecule has 24 heavy (non-hydrogen) atoms. The highest BCUT2D eigenvalue weighted by Gasteiger charge is 2.20. The van der Waals surface area contributed by atoms with Crippen LogP contribution in [0.2, 0.25) is 0 Å². The summed E-state index contributed by atoms with van der Waals surface area (Å²) in [6.45, 7) is 2.75. The number of fused-ring (bicyclic) bond motifs is 1. The summed E-state index contributed by atoms with van der Waals surface area (Å²) in [7, 11) is 1.64. The predicted octanol–water partition coefficient (Wildman–Crippen LogP) is 4.09. The number of carbonyl (C=O) groups is 1. The summed E-state index contributed by atoms with van der Waals surface area (Å²) in [4.78, 5) is 16.5. The van der Waals surface area contributed by atoms with E-state index >= 15 is 0 Å². The number of hydrogen-bond acceptors (Lipinski definition) is 6. The number of carbonyl (C=O) groups excluding carboxylic acids is 1. The van der Waals surface area contributed by atoms with E-state index in [9.17, 15) is 4.79 Å². The van der Waals surface area contributed by atoms with E-state index in [1.807, 2.05) is 30.3 Å². The SMILES string of the molecule is CCOC(=O)c1c(NCc2ccc(OC)cc2)sc2ccncc12. The number of pyridine rings is 1. The van der Waals surface area contributed by atoms with Gasteiger partial charge in [-0.25, -0.2) is 4.79 Å². The molecule has 0 bridgehead atoms. The van der Waals surface area contributed by atoms with Crippen molar-refractivity contribution < 1.29 is 14.3 Å². The van der Waals surface area contributed by atoms with Crippen molar-refractivity contribution in [2.24, 2.45) is 0 Å². The zero-order valence-corrected chi connectivity index (χ0v) is 14.4. The van der Waals surface area contributed by atoms with E-state index in [0.717, 1.165) is 26.4 Å². The van der Waals surface area contributed by atoms with Crippen LogP contribution in [0.3, 0.4) is 0 Å². The van der Waals surface area contributed by atoms with Gasteiger partial charge in [0.2, 0.25) is 0 Å². The fourth-order valence-electron chi connectivity index (χ4n) is 2.40. The topological polar surface area (TPSA) is 60.5 Å². The zero-order chi connectivity index (χ0) is 16.9. The number of aromatic nitrogens is 1. The van der Waals surface area contributed by atoms with Gasteiger partial charge in [0, 0.05) is 29.0 Å². The molecule has 1 N–H and O–H groups in total. The van der Waals surface area contributed by atoms with Gasteiger partial charge in [0.15, 0.2) is 0 Å². The van der Waals surface area contributed by atoms with Crippen LogP contribution in [0.15, 0.2) is 42.7 Å². The number of hydrogen-bond donors (Lipinski definition) is 1. The van der Waals surface area contributed by atoms with Crippen molar-refractivity contribution in [2.75, 3.05) is 19.0 Å². The first-order valence-corrected chi connectivity index (χ1v) is 8.45. The van der Waals surface area contributed by atoms with E-state index in [-0.39, 0.29) is 5.97 Å². The second-order valence-corrected chi connectivity index (χ2v) is 6.15. The van der Waals surface area contributed by atoms with Crippen molar-refractivity contribution >= 4 is 32.4 Å². The average Bonchev–Trinajstić information content (AvgIpc) is 2.99. The van der Waals surface area contributed by atoms with Crippen LogP contribution in [0.4, 0.5) is 5.00 Å². The van der Waals surface area contributed by atoms with Crippen molar-refractivity contribution in [3.8, 4) is 5.75 Å². The minimum atomic E-state index is -0.325. The van der Waals surface area contributed by atoms with Crippen molar-refractivity contribution in [3.05, 3.63) is 53.9 Å². The molecule has 0 radical (unpaired) electrons. The summed E-state index contributed by atoms with van der Waals surface area (Å²) in [5, 5.41) is 4.96. The number of rotatable bonds is 6. The minimum Gasteiger partial charge on any atom is -0.497 e. The maximum Gasteiger partial charge on any atom is 0.341 e. The molecule has 0 spiro atoms. The maximum atomic E-state index is 12.3. The Morgan fingerprint density at radius 1 is 1.25 bits per heavy atom. The van der Waals surface area contributed by atoms with Gasteiger partial charge in [0.05, 0.1) is 13.7 Å². The van der Waals surface area contributed by atoms with Crippen LogP contribution in [0.1, 0.15) is 22.8 Å². The summed E-state index contributed by atoms with van der Waals surface area (Å²) in [6, 6.07) is 9.72. The molecule has 124 valence electrons. The van der Waals surface area contributed by atoms with Crippen LogP contribution in [0.5, 0.6) is 5.75 Å². The van der Waals surface area contributed by atoms with E-state index in [0.29, 0.717) is 18.7 Å². The molecule has 2 aromatic heterocycles. The molecule has 0 aliphatic heterocycles. The minimum absolute atomic E-state index is 0.325. The summed E-state index contributed by atoms with van der Waals surface area (Å²) >= 11 is 1.53. The number of methoxy groups -OCH3 is 1. The monoisotopic (exact) mass is 342 g/mol. The Hall–Kier alpha value is -2.60. The first kappa shape index (κ1) is 16.3. The number of nitrogens with zero attached hydrogens (tertiary/aromatic N) is 1. The lowest BCUT2D eigenvalue weighted by atomic mass is 10.2. The smallest absolute Gasteiger partial charge is 0.341 e. The Labute approximate surface area is 144 Å². The van der Waals surface area contributed by atoms with Crippen LogP contribution >= 0.6 is 11.3 Å². The molecule has 2 heterocycles. The van der Waals surface area contributed by atoms with Gasteiger partial charge in [-0.1, -0.05) is 12.1 Å². The number of esters is 1. The van der Waals surface area contributed by atoms with Gasteiger partial charge in [-0.2, -0.15) is 0 Å². The van der Waals surface area contributed by atoms with Crippen molar-refractivity contribution in [3.63, 3.8) is 0 Å². The van der Waals surface area contributed by atoms with Gasteiger partial charge in [0.25, 0.3) is 0 Å². The average molecular weight is 342 g/mol. The molecule has 0 fully saturated rings. The van der Waals surface area contributed by atoms with Gasteiger partial charge in [-0.3, -0.25) is 4.98 Å². The normalized spacial score (nSPS) is 10.6. The predicted molar refractivity (Wildman–Crippen MR) is 95.9 cm³/mol. The number of nitrogens with one attached hydrogen (secondary N) is 1. The van der Waals surface area contributed by atoms with Crippen LogP contribution in [0, 0.1) is 0 Å². The standard InChI is InChI=1S/C18H18N2O3S/c1-3-23-18(21)16-14-11-19-9-8-15(14)24-17(16)20-10-12-4-6-13(22-2)7-5-12/h4-9,11,20H,3,10H2,1-2H3. The number of benzene rings is 1. The molecule has 0 aliphatic rings. The molecule has 0 amide bonds. The highest BCUT2D eigenvalue weighted by atomic mass is 32.1. The number of ether oxygens (including phenoxy) is 2. The second kappa shape index (κ2) is 7.31. The Balaban J connectivity index is 1.87. The molecule has 0 saturated carbocycles. The van der Waals surface area contributed by atoms with Crippen molar-refractivity contribution in [1.29, 1.82) is 0 Å². The lowest BCUT2D eigenvalue weighted by molar-refractivity contribution is 0.0530. The van der Waals surface area contributed by atoms with Gasteiger partial charge in [0.1, 0.15) is 16.3 Å². The molecule has 3 aromatic rings. The zero-order valence-electron chi connectivity index (χ0n) is 13.5. The van der Waals surface area contributed by atoms with Crippen molar-refractivity contribution in [1.82, 2.24) is 4.98 Å². The van der Waals surface area contributed by atoms with Crippen LogP contribution in [0.25, 0.3) is 10.1 Å². The van der Waals surface area contributed by atoms with Crippen LogP contribution < -0.4 is 10.1 Å². The van der Waals surface area contributed by atoms with Gasteiger partial charge in [-0.05, 0) is 30.7 Å². The Morgan fingerprint density at radius 3 is 2.75 bits per heavy atom. The second-order valence-electron chi connectivity index (χ2n) is 5.10. The first-order valence-electron chi connectivity index (χ1n) is 7.63. The molecule has 0 aliphatic carbocycles. The third kappa shape index (κ3) is 3.33. The molecule has 0 unspecified atom stereocenters. The van der Waals surface area contributed by atoms with E-state index in [1.165, 1.54) is 11.3 Å². The Bertz CT molecular complexity index is 843. The van der Waals surface area contributed by atoms with E-state index in [1.54, 1.807) is 26.4 Å². The third-order valence-electron chi connectivity index (χ3n) is 3.58. The van der Waals surface area contributed by atoms with Crippen LogP contribution in [-0.2, 0) is 11.3 Å². The molecule has 5 nitrogen and oxygen atoms in total. The van der Waals surface area contributed by atoms with Gasteiger partial charge >= 0.3 is 5.97 Å². The Morgan fingerprint density at radius 2 is 2.04 bits per heavy atom. The molecule has 6 heteroatoms. The fraction of sp³-hybridized carbons (Fsp3) is 0.222. The van der Waals surface area contributed by atoms with Crippen LogP contribution in [-0.4, -0.2) is 24.7 Å². The fourth-order valence-corrected chi connectivity index (χ4v) is 3.45. The highest BCUT2D eigenvalue weighted by molar-refractivity contribution is 7.23. The molecule has 0 atom stereocenters. The summed E-state index contributed by atoms with van der Waals surface area (Å²) in [5.74, 6) is 0.493. The van der Waals surface area contributed by atoms with Crippen molar-refractivity contribution in [2.45, 2.75) is 13.5 Å². The van der Waals surface area contributed by atoms with Gasteiger partial charge in [-0.15, -0.1) is 11.3 Å². The summed E-state index contributed by atoms with van der Waals surface area (Å²) in [5.41, 5.74) is 1.65. The van der Waals surface area contributed by atoms with E-state index in [4.69, 9.17) is 9.47 Å².